The lowest BCUT2D eigenvalue weighted by atomic mass is 9.95. The molecular formula is C21H29N3O5. The zero-order chi connectivity index (χ0) is 20.8. The molecule has 0 aliphatic carbocycles. The number of aromatic carboxylic acids is 1. The van der Waals surface area contributed by atoms with Crippen LogP contribution in [0.15, 0.2) is 18.2 Å². The van der Waals surface area contributed by atoms with Crippen molar-refractivity contribution in [1.82, 2.24) is 15.1 Å². The standard InChI is InChI=1S/C21H29N3O5/c1-15-2-3-17(21(27)28)12-18(15)13-22-19(25)14-23-6-4-16(5-7-23)20(26)24-8-10-29-11-9-24/h2-3,12,16H,4-11,13-14H2,1H3,(H,22,25)(H,27,28). The summed E-state index contributed by atoms with van der Waals surface area (Å²) in [6, 6.07) is 4.91. The Kier molecular flexibility index (Phi) is 7.22. The monoisotopic (exact) mass is 403 g/mol. The Balaban J connectivity index is 1.42. The Morgan fingerprint density at radius 1 is 1.14 bits per heavy atom. The zero-order valence-electron chi connectivity index (χ0n) is 16.9. The minimum Gasteiger partial charge on any atom is -0.478 e. The number of carboxylic acids is 1. The highest BCUT2D eigenvalue weighted by Gasteiger charge is 2.29. The van der Waals surface area contributed by atoms with Crippen LogP contribution in [0.5, 0.6) is 0 Å². The number of ether oxygens (including phenoxy) is 1. The molecule has 0 aromatic heterocycles. The predicted octanol–water partition coefficient (Wildman–Crippen LogP) is 0.880. The smallest absolute Gasteiger partial charge is 0.335 e. The second-order valence-corrected chi connectivity index (χ2v) is 7.71. The lowest BCUT2D eigenvalue weighted by molar-refractivity contribution is -0.141. The molecule has 158 valence electrons. The number of morpholine rings is 1. The molecule has 1 aromatic carbocycles. The van der Waals surface area contributed by atoms with E-state index in [1.54, 1.807) is 18.2 Å². The van der Waals surface area contributed by atoms with Gasteiger partial charge in [-0.15, -0.1) is 0 Å². The molecule has 2 aliphatic heterocycles. The molecule has 0 spiro atoms. The van der Waals surface area contributed by atoms with Crippen LogP contribution in [0.2, 0.25) is 0 Å². The van der Waals surface area contributed by atoms with Gasteiger partial charge in [0.2, 0.25) is 11.8 Å². The molecule has 2 fully saturated rings. The fraction of sp³-hybridized carbons (Fsp3) is 0.571. The van der Waals surface area contributed by atoms with Gasteiger partial charge in [0, 0.05) is 25.6 Å². The Morgan fingerprint density at radius 3 is 2.48 bits per heavy atom. The first-order valence-corrected chi connectivity index (χ1v) is 10.1. The van der Waals surface area contributed by atoms with Gasteiger partial charge in [0.1, 0.15) is 0 Å². The Labute approximate surface area is 170 Å². The van der Waals surface area contributed by atoms with Crippen LogP contribution >= 0.6 is 0 Å². The van der Waals surface area contributed by atoms with Crippen molar-refractivity contribution in [3.05, 3.63) is 34.9 Å². The highest BCUT2D eigenvalue weighted by Crippen LogP contribution is 2.20. The molecule has 3 rings (SSSR count). The van der Waals surface area contributed by atoms with Gasteiger partial charge in [0.15, 0.2) is 0 Å². The average Bonchev–Trinajstić information content (AvgIpc) is 2.73. The minimum absolute atomic E-state index is 0.0359. The first-order chi connectivity index (χ1) is 13.9. The molecule has 0 bridgehead atoms. The van der Waals surface area contributed by atoms with Gasteiger partial charge in [0.05, 0.1) is 25.3 Å². The molecule has 2 heterocycles. The number of aryl methyl sites for hydroxylation is 1. The lowest BCUT2D eigenvalue weighted by Crippen LogP contribution is -2.48. The second-order valence-electron chi connectivity index (χ2n) is 7.71. The van der Waals surface area contributed by atoms with Crippen LogP contribution in [0, 0.1) is 12.8 Å². The number of rotatable bonds is 6. The number of nitrogens with zero attached hydrogens (tertiary/aromatic N) is 2. The van der Waals surface area contributed by atoms with Crippen LogP contribution in [-0.2, 0) is 20.9 Å². The van der Waals surface area contributed by atoms with Crippen molar-refractivity contribution in [3.8, 4) is 0 Å². The van der Waals surface area contributed by atoms with Gasteiger partial charge in [0.25, 0.3) is 0 Å². The summed E-state index contributed by atoms with van der Waals surface area (Å²) in [4.78, 5) is 40.0. The van der Waals surface area contributed by atoms with Crippen molar-refractivity contribution < 1.29 is 24.2 Å². The summed E-state index contributed by atoms with van der Waals surface area (Å²) in [6.07, 6.45) is 1.53. The lowest BCUT2D eigenvalue weighted by Gasteiger charge is -2.35. The van der Waals surface area contributed by atoms with Crippen molar-refractivity contribution in [3.63, 3.8) is 0 Å². The van der Waals surface area contributed by atoms with E-state index in [0.717, 1.165) is 37.1 Å². The molecule has 0 unspecified atom stereocenters. The Hall–Kier alpha value is -2.45. The van der Waals surface area contributed by atoms with Gasteiger partial charge >= 0.3 is 5.97 Å². The van der Waals surface area contributed by atoms with E-state index in [9.17, 15) is 14.4 Å². The average molecular weight is 403 g/mol. The molecule has 0 atom stereocenters. The van der Waals surface area contributed by atoms with Crippen LogP contribution in [0.1, 0.15) is 34.3 Å². The molecule has 2 amide bonds. The Bertz CT molecular complexity index is 753. The predicted molar refractivity (Wildman–Crippen MR) is 107 cm³/mol. The van der Waals surface area contributed by atoms with Gasteiger partial charge in [-0.25, -0.2) is 4.79 Å². The highest BCUT2D eigenvalue weighted by molar-refractivity contribution is 5.88. The summed E-state index contributed by atoms with van der Waals surface area (Å²) < 4.78 is 5.30. The summed E-state index contributed by atoms with van der Waals surface area (Å²) in [5.41, 5.74) is 1.96. The summed E-state index contributed by atoms with van der Waals surface area (Å²) >= 11 is 0. The molecule has 8 heteroatoms. The molecule has 1 aromatic rings. The quantitative estimate of drug-likeness (QED) is 0.732. The molecule has 2 N–H and O–H groups in total. The highest BCUT2D eigenvalue weighted by atomic mass is 16.5. The van der Waals surface area contributed by atoms with Gasteiger partial charge < -0.3 is 20.1 Å². The number of nitrogens with one attached hydrogen (secondary N) is 1. The van der Waals surface area contributed by atoms with Gasteiger partial charge in [-0.3, -0.25) is 14.5 Å². The van der Waals surface area contributed by atoms with Crippen LogP contribution < -0.4 is 5.32 Å². The Morgan fingerprint density at radius 2 is 1.83 bits per heavy atom. The van der Waals surface area contributed by atoms with Gasteiger partial charge in [-0.2, -0.15) is 0 Å². The van der Waals surface area contributed by atoms with E-state index in [-0.39, 0.29) is 29.8 Å². The van der Waals surface area contributed by atoms with E-state index < -0.39 is 5.97 Å². The zero-order valence-corrected chi connectivity index (χ0v) is 16.9. The summed E-state index contributed by atoms with van der Waals surface area (Å²) in [7, 11) is 0. The van der Waals surface area contributed by atoms with Crippen molar-refractivity contribution in [1.29, 1.82) is 0 Å². The topological polar surface area (TPSA) is 99.2 Å². The molecule has 2 saturated heterocycles. The van der Waals surface area contributed by atoms with E-state index in [2.05, 4.69) is 10.2 Å². The molecule has 2 aliphatic rings. The molecule has 0 radical (unpaired) electrons. The third kappa shape index (κ3) is 5.77. The number of hydrogen-bond donors (Lipinski definition) is 2. The number of carbonyl (C=O) groups excluding carboxylic acids is 2. The number of likely N-dealkylation sites (tertiary alicyclic amines) is 1. The maximum absolute atomic E-state index is 12.6. The van der Waals surface area contributed by atoms with E-state index >= 15 is 0 Å². The van der Waals surface area contributed by atoms with E-state index in [1.165, 1.54) is 0 Å². The van der Waals surface area contributed by atoms with E-state index in [4.69, 9.17) is 9.84 Å². The third-order valence-electron chi connectivity index (χ3n) is 5.70. The fourth-order valence-corrected chi connectivity index (χ4v) is 3.83. The number of hydrogen-bond acceptors (Lipinski definition) is 5. The largest absolute Gasteiger partial charge is 0.478 e. The van der Waals surface area contributed by atoms with Crippen molar-refractivity contribution in [2.45, 2.75) is 26.3 Å². The first-order valence-electron chi connectivity index (χ1n) is 10.1. The van der Waals surface area contributed by atoms with E-state index in [0.29, 0.717) is 32.8 Å². The van der Waals surface area contributed by atoms with Gasteiger partial charge in [-0.05, 0) is 56.1 Å². The first kappa shape index (κ1) is 21.3. The summed E-state index contributed by atoms with van der Waals surface area (Å²) in [5, 5.41) is 12.0. The molecule has 8 nitrogen and oxygen atoms in total. The van der Waals surface area contributed by atoms with Gasteiger partial charge in [-0.1, -0.05) is 6.07 Å². The van der Waals surface area contributed by atoms with Crippen molar-refractivity contribution in [2.24, 2.45) is 5.92 Å². The molecule has 29 heavy (non-hydrogen) atoms. The molecular weight excluding hydrogens is 374 g/mol. The second kappa shape index (κ2) is 9.84. The SMILES string of the molecule is Cc1ccc(C(=O)O)cc1CNC(=O)CN1CCC(C(=O)N2CCOCC2)CC1. The van der Waals surface area contributed by atoms with Crippen molar-refractivity contribution >= 4 is 17.8 Å². The fourth-order valence-electron chi connectivity index (χ4n) is 3.83. The summed E-state index contributed by atoms with van der Waals surface area (Å²) in [6.45, 7) is 6.49. The minimum atomic E-state index is -0.980. The number of carbonyl (C=O) groups is 3. The maximum atomic E-state index is 12.6. The van der Waals surface area contributed by atoms with Crippen LogP contribution in [0.4, 0.5) is 0 Å². The van der Waals surface area contributed by atoms with E-state index in [1.807, 2.05) is 11.8 Å². The normalized spacial score (nSPS) is 18.4. The number of carboxylic acid groups (broad SMARTS) is 1. The number of amides is 2. The van der Waals surface area contributed by atoms with Crippen LogP contribution in [-0.4, -0.2) is 78.6 Å². The van der Waals surface area contributed by atoms with Crippen LogP contribution in [0.3, 0.4) is 0 Å². The summed E-state index contributed by atoms with van der Waals surface area (Å²) in [5.74, 6) is -0.824. The molecule has 0 saturated carbocycles. The number of benzene rings is 1. The van der Waals surface area contributed by atoms with Crippen LogP contribution in [0.25, 0.3) is 0 Å². The maximum Gasteiger partial charge on any atom is 0.335 e. The van der Waals surface area contributed by atoms with Crippen molar-refractivity contribution in [2.75, 3.05) is 45.9 Å². The number of piperidine rings is 1. The third-order valence-corrected chi connectivity index (χ3v) is 5.70.